The highest BCUT2D eigenvalue weighted by molar-refractivity contribution is 6.31. The lowest BCUT2D eigenvalue weighted by Crippen LogP contribution is -2.14. The number of nitrogen functional groups attached to an aromatic ring is 1. The Kier molecular flexibility index (Phi) is 3.48. The lowest BCUT2D eigenvalue weighted by atomic mass is 10.1. The van der Waals surface area contributed by atoms with E-state index in [4.69, 9.17) is 17.3 Å². The molecule has 0 saturated heterocycles. The van der Waals surface area contributed by atoms with Crippen LogP contribution in [0.25, 0.3) is 0 Å². The number of rotatable bonds is 2. The van der Waals surface area contributed by atoms with Gasteiger partial charge < -0.3 is 11.1 Å². The fraction of sp³-hybridized carbons (Fsp3) is 0.0769. The van der Waals surface area contributed by atoms with Crippen LogP contribution >= 0.6 is 11.6 Å². The van der Waals surface area contributed by atoms with Crippen LogP contribution in [0.1, 0.15) is 15.9 Å². The van der Waals surface area contributed by atoms with Crippen LogP contribution in [0.3, 0.4) is 0 Å². The van der Waals surface area contributed by atoms with Gasteiger partial charge >= 0.3 is 0 Å². The number of pyridine rings is 1. The summed E-state index contributed by atoms with van der Waals surface area (Å²) < 4.78 is 0. The first kappa shape index (κ1) is 12.4. The fourth-order valence-electron chi connectivity index (χ4n) is 1.53. The van der Waals surface area contributed by atoms with Gasteiger partial charge in [0.25, 0.3) is 5.91 Å². The average Bonchev–Trinajstić information content (AvgIpc) is 2.28. The maximum Gasteiger partial charge on any atom is 0.258 e. The van der Waals surface area contributed by atoms with Crippen molar-refractivity contribution in [2.75, 3.05) is 11.1 Å². The van der Waals surface area contributed by atoms with Crippen LogP contribution < -0.4 is 11.1 Å². The summed E-state index contributed by atoms with van der Waals surface area (Å²) in [6, 6.07) is 8.38. The normalized spacial score (nSPS) is 10.1. The van der Waals surface area contributed by atoms with E-state index in [2.05, 4.69) is 10.3 Å². The van der Waals surface area contributed by atoms with Gasteiger partial charge in [0.15, 0.2) is 0 Å². The quantitative estimate of drug-likeness (QED) is 0.817. The molecule has 92 valence electrons. The Morgan fingerprint density at radius 1 is 1.33 bits per heavy atom. The molecule has 18 heavy (non-hydrogen) atoms. The molecule has 0 aliphatic carbocycles. The fourth-order valence-corrected chi connectivity index (χ4v) is 1.71. The number of anilines is 2. The zero-order valence-electron chi connectivity index (χ0n) is 9.77. The molecule has 0 saturated carbocycles. The number of halogens is 1. The Morgan fingerprint density at radius 3 is 2.78 bits per heavy atom. The summed E-state index contributed by atoms with van der Waals surface area (Å²) in [7, 11) is 0. The molecular weight excluding hydrogens is 250 g/mol. The second-order valence-corrected chi connectivity index (χ2v) is 4.34. The molecule has 1 aromatic heterocycles. The number of hydrogen-bond donors (Lipinski definition) is 2. The highest BCUT2D eigenvalue weighted by Gasteiger charge is 2.10. The average molecular weight is 262 g/mol. The van der Waals surface area contributed by atoms with Crippen molar-refractivity contribution in [3.63, 3.8) is 0 Å². The van der Waals surface area contributed by atoms with Crippen molar-refractivity contribution in [2.24, 2.45) is 0 Å². The Hall–Kier alpha value is -2.07. The first-order valence-electron chi connectivity index (χ1n) is 5.35. The second-order valence-electron chi connectivity index (χ2n) is 3.90. The maximum atomic E-state index is 12.0. The molecule has 0 fully saturated rings. The van der Waals surface area contributed by atoms with E-state index in [1.54, 1.807) is 30.5 Å². The highest BCUT2D eigenvalue weighted by Crippen LogP contribution is 2.19. The van der Waals surface area contributed by atoms with E-state index in [9.17, 15) is 4.79 Å². The van der Waals surface area contributed by atoms with Crippen LogP contribution in [-0.2, 0) is 0 Å². The van der Waals surface area contributed by atoms with Gasteiger partial charge in [-0.05, 0) is 42.8 Å². The molecule has 1 amide bonds. The van der Waals surface area contributed by atoms with Crippen molar-refractivity contribution in [1.29, 1.82) is 0 Å². The van der Waals surface area contributed by atoms with Gasteiger partial charge in [-0.15, -0.1) is 0 Å². The molecule has 0 radical (unpaired) electrons. The van der Waals surface area contributed by atoms with Crippen LogP contribution in [-0.4, -0.2) is 10.9 Å². The number of amides is 1. The molecule has 2 aromatic rings. The van der Waals surface area contributed by atoms with E-state index in [0.29, 0.717) is 22.1 Å². The van der Waals surface area contributed by atoms with Gasteiger partial charge in [-0.3, -0.25) is 4.79 Å². The van der Waals surface area contributed by atoms with Crippen molar-refractivity contribution < 1.29 is 4.79 Å². The van der Waals surface area contributed by atoms with E-state index < -0.39 is 0 Å². The van der Waals surface area contributed by atoms with E-state index in [-0.39, 0.29) is 5.91 Å². The number of aromatic nitrogens is 1. The predicted molar refractivity (Wildman–Crippen MR) is 72.8 cm³/mol. The lowest BCUT2D eigenvalue weighted by Gasteiger charge is -2.07. The van der Waals surface area contributed by atoms with Crippen molar-refractivity contribution in [2.45, 2.75) is 6.92 Å². The van der Waals surface area contributed by atoms with Crippen LogP contribution in [0.2, 0.25) is 5.02 Å². The first-order chi connectivity index (χ1) is 8.56. The number of benzene rings is 1. The number of carbonyl (C=O) groups is 1. The van der Waals surface area contributed by atoms with Crippen molar-refractivity contribution in [3.8, 4) is 0 Å². The lowest BCUT2D eigenvalue weighted by molar-refractivity contribution is 0.102. The molecule has 1 aromatic carbocycles. The predicted octanol–water partition coefficient (Wildman–Crippen LogP) is 2.88. The summed E-state index contributed by atoms with van der Waals surface area (Å²) in [6.07, 6.45) is 1.64. The number of hydrogen-bond acceptors (Lipinski definition) is 3. The highest BCUT2D eigenvalue weighted by atomic mass is 35.5. The topological polar surface area (TPSA) is 68.0 Å². The summed E-state index contributed by atoms with van der Waals surface area (Å²) in [6.45, 7) is 1.92. The van der Waals surface area contributed by atoms with Crippen molar-refractivity contribution in [3.05, 3.63) is 52.7 Å². The van der Waals surface area contributed by atoms with E-state index in [1.807, 2.05) is 13.0 Å². The number of nitrogens with two attached hydrogens (primary N) is 1. The Labute approximate surface area is 110 Å². The molecule has 0 aliphatic rings. The van der Waals surface area contributed by atoms with Gasteiger partial charge in [0, 0.05) is 16.9 Å². The van der Waals surface area contributed by atoms with Crippen LogP contribution in [0.15, 0.2) is 36.5 Å². The van der Waals surface area contributed by atoms with E-state index >= 15 is 0 Å². The largest absolute Gasteiger partial charge is 0.398 e. The van der Waals surface area contributed by atoms with Gasteiger partial charge in [0.1, 0.15) is 5.82 Å². The maximum absolute atomic E-state index is 12.0. The molecule has 0 aliphatic heterocycles. The minimum atomic E-state index is -0.303. The summed E-state index contributed by atoms with van der Waals surface area (Å²) in [5.41, 5.74) is 7.48. The number of nitrogens with zero attached hydrogens (tertiary/aromatic N) is 1. The van der Waals surface area contributed by atoms with Crippen LogP contribution in [0.4, 0.5) is 11.5 Å². The third kappa shape index (κ3) is 2.78. The summed E-state index contributed by atoms with van der Waals surface area (Å²) in [5, 5.41) is 3.18. The molecule has 2 rings (SSSR count). The Balaban J connectivity index is 2.22. The monoisotopic (exact) mass is 261 g/mol. The second kappa shape index (κ2) is 5.06. The number of carbonyl (C=O) groups excluding carboxylic acids is 1. The third-order valence-corrected chi connectivity index (χ3v) is 2.65. The molecule has 3 N–H and O–H groups in total. The summed E-state index contributed by atoms with van der Waals surface area (Å²) >= 11 is 5.78. The SMILES string of the molecule is Cc1ccnc(NC(=O)c2ccc(Cl)cc2N)c1. The first-order valence-corrected chi connectivity index (χ1v) is 5.73. The minimum absolute atomic E-state index is 0.303. The van der Waals surface area contributed by atoms with Crippen molar-refractivity contribution in [1.82, 2.24) is 4.98 Å². The third-order valence-electron chi connectivity index (χ3n) is 2.42. The summed E-state index contributed by atoms with van der Waals surface area (Å²) in [5.74, 6) is 0.191. The minimum Gasteiger partial charge on any atom is -0.398 e. The molecule has 0 unspecified atom stereocenters. The van der Waals surface area contributed by atoms with Crippen LogP contribution in [0, 0.1) is 6.92 Å². The number of aryl methyl sites for hydroxylation is 1. The summed E-state index contributed by atoms with van der Waals surface area (Å²) in [4.78, 5) is 16.0. The molecule has 4 nitrogen and oxygen atoms in total. The van der Waals surface area contributed by atoms with Gasteiger partial charge in [-0.25, -0.2) is 4.98 Å². The van der Waals surface area contributed by atoms with Crippen molar-refractivity contribution >= 4 is 29.0 Å². The number of nitrogens with one attached hydrogen (secondary N) is 1. The smallest absolute Gasteiger partial charge is 0.258 e. The molecule has 1 heterocycles. The molecule has 0 atom stereocenters. The molecular formula is C13H12ClN3O. The molecule has 5 heteroatoms. The van der Waals surface area contributed by atoms with E-state index in [0.717, 1.165) is 5.56 Å². The van der Waals surface area contributed by atoms with E-state index in [1.165, 1.54) is 0 Å². The van der Waals surface area contributed by atoms with Gasteiger partial charge in [0.05, 0.1) is 5.56 Å². The zero-order valence-corrected chi connectivity index (χ0v) is 10.5. The van der Waals surface area contributed by atoms with Gasteiger partial charge in [-0.2, -0.15) is 0 Å². The van der Waals surface area contributed by atoms with Gasteiger partial charge in [0.2, 0.25) is 0 Å². The molecule has 0 bridgehead atoms. The standard InChI is InChI=1S/C13H12ClN3O/c1-8-4-5-16-12(6-8)17-13(18)10-3-2-9(14)7-11(10)15/h2-7H,15H2,1H3,(H,16,17,18). The van der Waals surface area contributed by atoms with Crippen LogP contribution in [0.5, 0.6) is 0 Å². The Bertz CT molecular complexity index is 599. The van der Waals surface area contributed by atoms with Gasteiger partial charge in [-0.1, -0.05) is 11.6 Å². The molecule has 0 spiro atoms. The zero-order chi connectivity index (χ0) is 13.1. The Morgan fingerprint density at radius 2 is 2.11 bits per heavy atom.